The molecule has 0 atom stereocenters. The van der Waals surface area contributed by atoms with Crippen molar-refractivity contribution in [1.82, 2.24) is 20.2 Å². The van der Waals surface area contributed by atoms with Gasteiger partial charge in [-0.3, -0.25) is 10.1 Å². The van der Waals surface area contributed by atoms with E-state index >= 15 is 0 Å². The van der Waals surface area contributed by atoms with Gasteiger partial charge in [-0.15, -0.1) is 5.10 Å². The lowest BCUT2D eigenvalue weighted by molar-refractivity contribution is 0.102. The molecule has 0 unspecified atom stereocenters. The molecule has 0 spiro atoms. The summed E-state index contributed by atoms with van der Waals surface area (Å²) in [4.78, 5) is 20.0. The van der Waals surface area contributed by atoms with Crippen molar-refractivity contribution >= 4 is 39.4 Å². The van der Waals surface area contributed by atoms with Crippen molar-refractivity contribution in [2.24, 2.45) is 0 Å². The van der Waals surface area contributed by atoms with E-state index in [-0.39, 0.29) is 16.7 Å². The summed E-state index contributed by atoms with van der Waals surface area (Å²) in [6.07, 6.45) is 1.51. The molecule has 2 heterocycles. The minimum absolute atomic E-state index is 0.109. The normalized spacial score (nSPS) is 10.3. The van der Waals surface area contributed by atoms with Crippen LogP contribution in [-0.4, -0.2) is 26.1 Å². The lowest BCUT2D eigenvalue weighted by atomic mass is 10.3. The summed E-state index contributed by atoms with van der Waals surface area (Å²) < 4.78 is 0.654. The highest BCUT2D eigenvalue weighted by atomic mass is 79.9. The molecule has 0 bridgehead atoms. The average Bonchev–Trinajstić information content (AvgIpc) is 2.36. The molecule has 0 fully saturated rings. The highest BCUT2D eigenvalue weighted by Gasteiger charge is 2.14. The second-order valence-corrected chi connectivity index (χ2v) is 5.03. The molecule has 2 aromatic heterocycles. The molecule has 8 heteroatoms. The first kappa shape index (κ1) is 13.8. The molecule has 19 heavy (non-hydrogen) atoms. The third kappa shape index (κ3) is 3.24. The second-order valence-electron chi connectivity index (χ2n) is 3.75. The summed E-state index contributed by atoms with van der Waals surface area (Å²) in [6, 6.07) is 1.57. The van der Waals surface area contributed by atoms with Crippen molar-refractivity contribution in [3.05, 3.63) is 38.8 Å². The molecule has 1 amide bonds. The zero-order valence-corrected chi connectivity index (χ0v) is 12.4. The summed E-state index contributed by atoms with van der Waals surface area (Å²) >= 11 is 9.09. The van der Waals surface area contributed by atoms with E-state index in [1.54, 1.807) is 19.9 Å². The lowest BCUT2D eigenvalue weighted by Gasteiger charge is -2.06. The molecule has 0 aliphatic heterocycles. The van der Waals surface area contributed by atoms with Crippen LogP contribution < -0.4 is 5.32 Å². The Morgan fingerprint density at radius 3 is 2.74 bits per heavy atom. The number of nitrogens with one attached hydrogen (secondary N) is 1. The number of amides is 1. The van der Waals surface area contributed by atoms with Gasteiger partial charge in [0, 0.05) is 10.7 Å². The van der Waals surface area contributed by atoms with E-state index in [4.69, 9.17) is 11.6 Å². The van der Waals surface area contributed by atoms with Crippen LogP contribution in [0.1, 0.15) is 21.7 Å². The van der Waals surface area contributed by atoms with Gasteiger partial charge < -0.3 is 0 Å². The molecule has 0 aliphatic carbocycles. The van der Waals surface area contributed by atoms with Crippen LogP contribution in [0.2, 0.25) is 5.15 Å². The van der Waals surface area contributed by atoms with Gasteiger partial charge in [-0.05, 0) is 35.8 Å². The van der Waals surface area contributed by atoms with E-state index < -0.39 is 5.91 Å². The van der Waals surface area contributed by atoms with Gasteiger partial charge >= 0.3 is 0 Å². The highest BCUT2D eigenvalue weighted by Crippen LogP contribution is 2.18. The van der Waals surface area contributed by atoms with E-state index in [0.717, 1.165) is 0 Å². The van der Waals surface area contributed by atoms with E-state index in [1.807, 2.05) is 0 Å². The number of hydrogen-bond acceptors (Lipinski definition) is 5. The first-order chi connectivity index (χ1) is 8.97. The Labute approximate surface area is 122 Å². The Hall–Kier alpha value is -1.60. The predicted molar refractivity (Wildman–Crippen MR) is 74.2 cm³/mol. The maximum absolute atomic E-state index is 12.0. The van der Waals surface area contributed by atoms with Crippen LogP contribution in [0.4, 0.5) is 5.95 Å². The lowest BCUT2D eigenvalue weighted by Crippen LogP contribution is -2.16. The number of aryl methyl sites for hydroxylation is 2. The third-order valence-electron chi connectivity index (χ3n) is 2.37. The molecule has 2 aromatic rings. The fourth-order valence-electron chi connectivity index (χ4n) is 1.26. The van der Waals surface area contributed by atoms with Gasteiger partial charge in [-0.25, -0.2) is 9.97 Å². The average molecular weight is 343 g/mol. The van der Waals surface area contributed by atoms with Crippen LogP contribution in [0.3, 0.4) is 0 Å². The quantitative estimate of drug-likeness (QED) is 0.848. The first-order valence-electron chi connectivity index (χ1n) is 5.27. The second kappa shape index (κ2) is 5.58. The molecular weight excluding hydrogens is 334 g/mol. The van der Waals surface area contributed by atoms with Crippen LogP contribution in [0.15, 0.2) is 16.7 Å². The summed E-state index contributed by atoms with van der Waals surface area (Å²) in [5.41, 5.74) is 1.64. The summed E-state index contributed by atoms with van der Waals surface area (Å²) in [6.45, 7) is 3.57. The predicted octanol–water partition coefficient (Wildman–Crippen LogP) is 2.55. The van der Waals surface area contributed by atoms with Gasteiger partial charge in [-0.1, -0.05) is 11.6 Å². The van der Waals surface area contributed by atoms with Crippen LogP contribution in [0.5, 0.6) is 0 Å². The Balaban J connectivity index is 2.25. The maximum atomic E-state index is 12.0. The van der Waals surface area contributed by atoms with E-state index in [1.165, 1.54) is 6.20 Å². The van der Waals surface area contributed by atoms with Crippen LogP contribution in [-0.2, 0) is 0 Å². The number of rotatable bonds is 2. The number of halogens is 2. The van der Waals surface area contributed by atoms with Crippen LogP contribution in [0, 0.1) is 13.8 Å². The molecule has 2 rings (SSSR count). The Bertz CT molecular complexity index is 649. The van der Waals surface area contributed by atoms with Gasteiger partial charge in [0.05, 0.1) is 17.0 Å². The molecule has 0 saturated carbocycles. The number of carbonyl (C=O) groups excluding carboxylic acids is 1. The zero-order chi connectivity index (χ0) is 14.0. The maximum Gasteiger partial charge on any atom is 0.261 e. The monoisotopic (exact) mass is 341 g/mol. The largest absolute Gasteiger partial charge is 0.289 e. The van der Waals surface area contributed by atoms with Crippen molar-refractivity contribution in [1.29, 1.82) is 0 Å². The van der Waals surface area contributed by atoms with Crippen LogP contribution >= 0.6 is 27.5 Å². The topological polar surface area (TPSA) is 80.7 Å². The first-order valence-corrected chi connectivity index (χ1v) is 6.45. The molecule has 0 saturated heterocycles. The molecule has 0 aromatic carbocycles. The number of hydrogen-bond donors (Lipinski definition) is 1. The van der Waals surface area contributed by atoms with Crippen molar-refractivity contribution < 1.29 is 4.79 Å². The zero-order valence-electron chi connectivity index (χ0n) is 10.1. The molecule has 1 N–H and O–H groups in total. The van der Waals surface area contributed by atoms with Crippen molar-refractivity contribution in [3.63, 3.8) is 0 Å². The minimum Gasteiger partial charge on any atom is -0.289 e. The summed E-state index contributed by atoms with van der Waals surface area (Å²) in [5, 5.41) is 10.3. The van der Waals surface area contributed by atoms with Crippen LogP contribution in [0.25, 0.3) is 0 Å². The van der Waals surface area contributed by atoms with Gasteiger partial charge in [0.25, 0.3) is 5.91 Å². The van der Waals surface area contributed by atoms with Crippen molar-refractivity contribution in [2.45, 2.75) is 13.8 Å². The number of anilines is 1. The highest BCUT2D eigenvalue weighted by molar-refractivity contribution is 9.10. The number of nitrogens with zero attached hydrogens (tertiary/aromatic N) is 4. The summed E-state index contributed by atoms with van der Waals surface area (Å²) in [7, 11) is 0. The van der Waals surface area contributed by atoms with E-state index in [0.29, 0.717) is 15.9 Å². The SMILES string of the molecule is Cc1nnc(NC(=O)c2cc(Br)cnc2Cl)nc1C. The fraction of sp³-hybridized carbons (Fsp3) is 0.182. The van der Waals surface area contributed by atoms with Gasteiger partial charge in [0.15, 0.2) is 0 Å². The van der Waals surface area contributed by atoms with E-state index in [9.17, 15) is 4.79 Å². The minimum atomic E-state index is -0.441. The fourth-order valence-corrected chi connectivity index (χ4v) is 1.78. The number of aromatic nitrogens is 4. The Kier molecular flexibility index (Phi) is 4.06. The summed E-state index contributed by atoms with van der Waals surface area (Å²) in [5.74, 6) is -0.312. The Morgan fingerprint density at radius 1 is 1.32 bits per heavy atom. The third-order valence-corrected chi connectivity index (χ3v) is 3.10. The van der Waals surface area contributed by atoms with Gasteiger partial charge in [0.1, 0.15) is 5.15 Å². The van der Waals surface area contributed by atoms with Crippen molar-refractivity contribution in [2.75, 3.05) is 5.32 Å². The van der Waals surface area contributed by atoms with E-state index in [2.05, 4.69) is 41.4 Å². The molecule has 0 aliphatic rings. The molecular formula is C11H9BrClN5O. The Morgan fingerprint density at radius 2 is 2.05 bits per heavy atom. The molecule has 6 nitrogen and oxygen atoms in total. The van der Waals surface area contributed by atoms with Gasteiger partial charge in [0.2, 0.25) is 5.95 Å². The van der Waals surface area contributed by atoms with Crippen molar-refractivity contribution in [3.8, 4) is 0 Å². The van der Waals surface area contributed by atoms with Gasteiger partial charge in [-0.2, -0.15) is 5.10 Å². The standard InChI is InChI=1S/C11H9BrClN5O/c1-5-6(2)17-18-11(15-5)16-10(19)8-3-7(12)4-14-9(8)13/h3-4H,1-2H3,(H,15,16,18,19). The molecule has 0 radical (unpaired) electrons. The number of carbonyl (C=O) groups is 1. The number of pyridine rings is 1. The molecule has 98 valence electrons. The smallest absolute Gasteiger partial charge is 0.261 e.